The Labute approximate surface area is 113 Å². The third kappa shape index (κ3) is 5.34. The fourth-order valence-corrected chi connectivity index (χ4v) is 2.17. The number of nitro benzene ring substituents is 1. The van der Waals surface area contributed by atoms with E-state index in [9.17, 15) is 14.5 Å². The number of nitro groups is 1. The molecule has 0 bridgehead atoms. The zero-order valence-corrected chi connectivity index (χ0v) is 11.6. The van der Waals surface area contributed by atoms with Crippen molar-refractivity contribution >= 4 is 5.69 Å². The van der Waals surface area contributed by atoms with Crippen LogP contribution in [-0.4, -0.2) is 18.0 Å². The molecular weight excluding hydrogens is 247 g/mol. The number of hydrogen-bond acceptors (Lipinski definition) is 3. The van der Waals surface area contributed by atoms with Gasteiger partial charge < -0.3 is 5.32 Å². The highest BCUT2D eigenvalue weighted by atomic mass is 19.1. The number of non-ortho nitro benzene ring substituents is 1. The van der Waals surface area contributed by atoms with E-state index in [-0.39, 0.29) is 5.69 Å². The molecule has 5 heteroatoms. The fourth-order valence-electron chi connectivity index (χ4n) is 2.17. The summed E-state index contributed by atoms with van der Waals surface area (Å²) in [5.41, 5.74) is 0.496. The summed E-state index contributed by atoms with van der Waals surface area (Å²) in [6.45, 7) is 4.30. The first-order chi connectivity index (χ1) is 8.92. The largest absolute Gasteiger partial charge is 0.317 e. The van der Waals surface area contributed by atoms with Crippen LogP contribution < -0.4 is 5.32 Å². The fraction of sp³-hybridized carbons (Fsp3) is 0.571. The lowest BCUT2D eigenvalue weighted by molar-refractivity contribution is -0.385. The van der Waals surface area contributed by atoms with E-state index < -0.39 is 10.7 Å². The lowest BCUT2D eigenvalue weighted by atomic mass is 9.97. The van der Waals surface area contributed by atoms with E-state index in [2.05, 4.69) is 19.2 Å². The number of halogens is 1. The molecule has 0 amide bonds. The number of nitrogens with one attached hydrogen (secondary N) is 1. The van der Waals surface area contributed by atoms with Crippen LogP contribution >= 0.6 is 0 Å². The number of nitrogens with zero attached hydrogens (tertiary/aromatic N) is 1. The third-order valence-electron chi connectivity index (χ3n) is 3.10. The molecular formula is C14H21FN2O2. The molecule has 0 aromatic heterocycles. The Balaban J connectivity index is 2.68. The molecule has 0 radical (unpaired) electrons. The van der Waals surface area contributed by atoms with Crippen molar-refractivity contribution in [2.75, 3.05) is 7.05 Å². The van der Waals surface area contributed by atoms with Crippen molar-refractivity contribution in [3.05, 3.63) is 39.7 Å². The predicted molar refractivity (Wildman–Crippen MR) is 73.7 cm³/mol. The molecule has 1 aromatic rings. The summed E-state index contributed by atoms with van der Waals surface area (Å²) >= 11 is 0. The van der Waals surface area contributed by atoms with Crippen molar-refractivity contribution in [1.82, 2.24) is 5.32 Å². The summed E-state index contributed by atoms with van der Waals surface area (Å²) in [5, 5.41) is 13.9. The number of rotatable bonds is 7. The molecule has 0 saturated heterocycles. The molecule has 0 spiro atoms. The average Bonchev–Trinajstić information content (AvgIpc) is 2.33. The Bertz CT molecular complexity index is 435. The van der Waals surface area contributed by atoms with Crippen molar-refractivity contribution in [2.45, 2.75) is 39.2 Å². The topological polar surface area (TPSA) is 55.2 Å². The van der Waals surface area contributed by atoms with E-state index in [0.717, 1.165) is 18.9 Å². The maximum Gasteiger partial charge on any atom is 0.272 e. The van der Waals surface area contributed by atoms with Crippen LogP contribution in [0.1, 0.15) is 32.3 Å². The molecule has 0 aliphatic heterocycles. The van der Waals surface area contributed by atoms with E-state index >= 15 is 0 Å². The van der Waals surface area contributed by atoms with Gasteiger partial charge in [0.1, 0.15) is 5.82 Å². The molecule has 1 rings (SSSR count). The Morgan fingerprint density at radius 2 is 2.05 bits per heavy atom. The summed E-state index contributed by atoms with van der Waals surface area (Å²) in [7, 11) is 1.90. The summed E-state index contributed by atoms with van der Waals surface area (Å²) in [4.78, 5) is 10.1. The van der Waals surface area contributed by atoms with Crippen molar-refractivity contribution in [2.24, 2.45) is 5.92 Å². The maximum absolute atomic E-state index is 13.3. The summed E-state index contributed by atoms with van der Waals surface area (Å²) in [5.74, 6) is 0.0355. The van der Waals surface area contributed by atoms with E-state index in [1.807, 2.05) is 7.05 Å². The zero-order valence-electron chi connectivity index (χ0n) is 11.6. The molecule has 0 fully saturated rings. The molecule has 19 heavy (non-hydrogen) atoms. The van der Waals surface area contributed by atoms with Gasteiger partial charge in [-0.25, -0.2) is 4.39 Å². The lowest BCUT2D eigenvalue weighted by Gasteiger charge is -2.18. The van der Waals surface area contributed by atoms with Crippen LogP contribution in [0.5, 0.6) is 0 Å². The van der Waals surface area contributed by atoms with Gasteiger partial charge in [0, 0.05) is 12.1 Å². The van der Waals surface area contributed by atoms with Crippen LogP contribution in [0.2, 0.25) is 0 Å². The maximum atomic E-state index is 13.3. The normalized spacial score (nSPS) is 12.7. The van der Waals surface area contributed by atoms with Crippen molar-refractivity contribution in [1.29, 1.82) is 0 Å². The second-order valence-electron chi connectivity index (χ2n) is 5.23. The van der Waals surface area contributed by atoms with Crippen LogP contribution in [0.25, 0.3) is 0 Å². The van der Waals surface area contributed by atoms with Gasteiger partial charge >= 0.3 is 0 Å². The Morgan fingerprint density at radius 3 is 2.58 bits per heavy atom. The molecule has 1 unspecified atom stereocenters. The predicted octanol–water partition coefficient (Wildman–Crippen LogP) is 3.30. The molecule has 0 aliphatic rings. The van der Waals surface area contributed by atoms with Gasteiger partial charge in [-0.1, -0.05) is 13.8 Å². The van der Waals surface area contributed by atoms with Crippen LogP contribution in [0.15, 0.2) is 18.2 Å². The highest BCUT2D eigenvalue weighted by molar-refractivity contribution is 5.35. The minimum atomic E-state index is -0.559. The number of hydrogen-bond donors (Lipinski definition) is 1. The van der Waals surface area contributed by atoms with Crippen LogP contribution in [0, 0.1) is 21.8 Å². The molecule has 1 aromatic carbocycles. The molecule has 1 atom stereocenters. The zero-order chi connectivity index (χ0) is 14.4. The highest BCUT2D eigenvalue weighted by Crippen LogP contribution is 2.19. The molecule has 0 saturated carbocycles. The molecule has 1 N–H and O–H groups in total. The first-order valence-electron chi connectivity index (χ1n) is 6.53. The van der Waals surface area contributed by atoms with E-state index in [4.69, 9.17) is 0 Å². The third-order valence-corrected chi connectivity index (χ3v) is 3.10. The van der Waals surface area contributed by atoms with Crippen LogP contribution in [0.4, 0.5) is 10.1 Å². The summed E-state index contributed by atoms with van der Waals surface area (Å²) < 4.78 is 13.3. The number of aryl methyl sites for hydroxylation is 1. The Morgan fingerprint density at radius 1 is 1.37 bits per heavy atom. The van der Waals surface area contributed by atoms with Crippen LogP contribution in [-0.2, 0) is 6.42 Å². The molecule has 106 valence electrons. The Hall–Kier alpha value is -1.49. The average molecular weight is 268 g/mol. The highest BCUT2D eigenvalue weighted by Gasteiger charge is 2.12. The van der Waals surface area contributed by atoms with Gasteiger partial charge in [0.2, 0.25) is 0 Å². The van der Waals surface area contributed by atoms with Crippen molar-refractivity contribution in [3.8, 4) is 0 Å². The Kier molecular flexibility index (Phi) is 5.89. The quantitative estimate of drug-likeness (QED) is 0.609. The van der Waals surface area contributed by atoms with Gasteiger partial charge in [0.25, 0.3) is 5.69 Å². The lowest BCUT2D eigenvalue weighted by Crippen LogP contribution is -2.27. The van der Waals surface area contributed by atoms with Crippen LogP contribution in [0.3, 0.4) is 0 Å². The van der Waals surface area contributed by atoms with Gasteiger partial charge in [-0.15, -0.1) is 0 Å². The van der Waals surface area contributed by atoms with E-state index in [1.165, 1.54) is 12.1 Å². The molecule has 0 heterocycles. The molecule has 0 aliphatic carbocycles. The minimum absolute atomic E-state index is 0.181. The van der Waals surface area contributed by atoms with Gasteiger partial charge in [-0.05, 0) is 43.9 Å². The van der Waals surface area contributed by atoms with Gasteiger partial charge in [-0.3, -0.25) is 10.1 Å². The van der Waals surface area contributed by atoms with Gasteiger partial charge in [0.05, 0.1) is 11.0 Å². The minimum Gasteiger partial charge on any atom is -0.317 e. The standard InChI is InChI=1S/C14H21FN2O2/c1-10(2)6-13(16-3)5-4-11-7-12(15)9-14(8-11)17(18)19/h7-10,13,16H,4-6H2,1-3H3. The number of benzene rings is 1. The first-order valence-corrected chi connectivity index (χ1v) is 6.53. The summed E-state index contributed by atoms with van der Waals surface area (Å²) in [6, 6.07) is 4.12. The van der Waals surface area contributed by atoms with E-state index in [0.29, 0.717) is 23.9 Å². The molecule has 4 nitrogen and oxygen atoms in total. The smallest absolute Gasteiger partial charge is 0.272 e. The second-order valence-corrected chi connectivity index (χ2v) is 5.23. The monoisotopic (exact) mass is 268 g/mol. The first kappa shape index (κ1) is 15.6. The summed E-state index contributed by atoms with van der Waals surface area (Å²) in [6.07, 6.45) is 2.51. The van der Waals surface area contributed by atoms with Crippen molar-refractivity contribution in [3.63, 3.8) is 0 Å². The second kappa shape index (κ2) is 7.19. The van der Waals surface area contributed by atoms with E-state index in [1.54, 1.807) is 0 Å². The van der Waals surface area contributed by atoms with Crippen molar-refractivity contribution < 1.29 is 9.31 Å². The van der Waals surface area contributed by atoms with Gasteiger partial charge in [-0.2, -0.15) is 0 Å². The van der Waals surface area contributed by atoms with Gasteiger partial charge in [0.15, 0.2) is 0 Å². The SMILES string of the molecule is CNC(CCc1cc(F)cc([N+](=O)[O-])c1)CC(C)C.